The molecule has 1 amide bonds. The van der Waals surface area contributed by atoms with E-state index in [-0.39, 0.29) is 43.1 Å². The van der Waals surface area contributed by atoms with Gasteiger partial charge in [0.25, 0.3) is 21.6 Å². The van der Waals surface area contributed by atoms with Gasteiger partial charge in [0.05, 0.1) is 47.4 Å². The van der Waals surface area contributed by atoms with Gasteiger partial charge in [-0.2, -0.15) is 4.98 Å². The van der Waals surface area contributed by atoms with E-state index < -0.39 is 43.8 Å². The zero-order valence-corrected chi connectivity index (χ0v) is 37.6. The molecule has 2 saturated heterocycles. The van der Waals surface area contributed by atoms with Crippen LogP contribution in [0.5, 0.6) is 5.88 Å². The van der Waals surface area contributed by atoms with Crippen LogP contribution < -0.4 is 24.6 Å². The molecule has 2 fully saturated rings. The molecular formula is C46H50ClFN8O8S. The van der Waals surface area contributed by atoms with Crippen molar-refractivity contribution in [3.8, 4) is 5.88 Å². The predicted molar refractivity (Wildman–Crippen MR) is 247 cm³/mol. The predicted octanol–water partition coefficient (Wildman–Crippen LogP) is 7.68. The quantitative estimate of drug-likeness (QED) is 0.0819. The summed E-state index contributed by atoms with van der Waals surface area (Å²) in [6, 6.07) is 20.3. The van der Waals surface area contributed by atoms with Gasteiger partial charge in [0.1, 0.15) is 30.2 Å². The third-order valence-corrected chi connectivity index (χ3v) is 14.1. The first-order valence-electron chi connectivity index (χ1n) is 21.6. The molecule has 19 heteroatoms. The fraction of sp³-hybridized carbons (Fsp3) is 0.391. The van der Waals surface area contributed by atoms with E-state index >= 15 is 4.39 Å². The van der Waals surface area contributed by atoms with Crippen molar-refractivity contribution in [2.75, 3.05) is 87.4 Å². The third-order valence-electron chi connectivity index (χ3n) is 12.5. The lowest BCUT2D eigenvalue weighted by Crippen LogP contribution is -2.47. The van der Waals surface area contributed by atoms with Crippen LogP contribution in [0.1, 0.15) is 49.0 Å². The number of nitrogens with zero attached hydrogens (tertiary/aromatic N) is 5. The Balaban J connectivity index is 0.976. The maximum atomic E-state index is 15.0. The van der Waals surface area contributed by atoms with E-state index in [9.17, 15) is 23.3 Å². The molecule has 0 spiro atoms. The molecule has 9 rings (SSSR count). The number of alkyl halides is 1. The summed E-state index contributed by atoms with van der Waals surface area (Å²) in [5.41, 5.74) is 6.07. The number of nitro benzene ring substituents is 1. The largest absolute Gasteiger partial charge is 0.474 e. The molecule has 1 aliphatic carbocycles. The van der Waals surface area contributed by atoms with Gasteiger partial charge in [0.2, 0.25) is 11.7 Å². The molecule has 0 saturated carbocycles. The van der Waals surface area contributed by atoms with Crippen molar-refractivity contribution < 1.29 is 36.7 Å². The number of H-pyrrole nitrogens is 1. The zero-order valence-electron chi connectivity index (χ0n) is 36.1. The maximum Gasteiger partial charge on any atom is 0.293 e. The molecule has 0 bridgehead atoms. The van der Waals surface area contributed by atoms with Crippen LogP contribution in [0.3, 0.4) is 0 Å². The number of aromatic amines is 1. The number of allylic oxidation sites excluding steroid dienone is 1. The minimum absolute atomic E-state index is 0.00951. The number of hydrogen-bond donors (Lipinski definition) is 3. The Labute approximate surface area is 380 Å². The lowest BCUT2D eigenvalue weighted by atomic mass is 9.72. The first-order valence-corrected chi connectivity index (χ1v) is 23.5. The van der Waals surface area contributed by atoms with Crippen molar-refractivity contribution >= 4 is 72.6 Å². The SMILES string of the molecule is CC1(C)CCC(CN2CCN(c3ccc(C(=O)NS(=O)(=O)c4ccc(NCC5(F)COCCO5)c([N+](=O)[O-])c4)c(N4CCOc5nc6[nH]ccc6cc54)c3)CC2)=C(c2ccc(Cl)cc2)C1. The van der Waals surface area contributed by atoms with E-state index in [1.807, 2.05) is 41.3 Å². The molecule has 3 aromatic carbocycles. The van der Waals surface area contributed by atoms with Gasteiger partial charge in [-0.05, 0) is 90.4 Å². The lowest BCUT2D eigenvalue weighted by Gasteiger charge is -2.39. The normalized spacial score (nSPS) is 20.3. The number of fused-ring (bicyclic) bond motifs is 2. The average Bonchev–Trinajstić information content (AvgIpc) is 3.76. The fourth-order valence-electron chi connectivity index (χ4n) is 8.98. The molecular weight excluding hydrogens is 879 g/mol. The summed E-state index contributed by atoms with van der Waals surface area (Å²) in [7, 11) is -4.67. The minimum Gasteiger partial charge on any atom is -0.474 e. The topological polar surface area (TPSA) is 185 Å². The summed E-state index contributed by atoms with van der Waals surface area (Å²) in [5, 5.41) is 16.3. The number of nitrogens with one attached hydrogen (secondary N) is 3. The molecule has 2 aromatic heterocycles. The van der Waals surface area contributed by atoms with E-state index in [2.05, 4.69) is 55.8 Å². The Morgan fingerprint density at radius 3 is 2.54 bits per heavy atom. The minimum atomic E-state index is -4.67. The molecule has 0 radical (unpaired) electrons. The molecule has 3 aliphatic heterocycles. The zero-order chi connectivity index (χ0) is 45.5. The van der Waals surface area contributed by atoms with Gasteiger partial charge in [-0.25, -0.2) is 17.5 Å². The Hall–Kier alpha value is -5.79. The van der Waals surface area contributed by atoms with E-state index in [1.165, 1.54) is 16.7 Å². The van der Waals surface area contributed by atoms with Gasteiger partial charge in [-0.15, -0.1) is 0 Å². The monoisotopic (exact) mass is 928 g/mol. The second kappa shape index (κ2) is 17.9. The van der Waals surface area contributed by atoms with Gasteiger partial charge < -0.3 is 34.3 Å². The Bertz CT molecular complexity index is 2770. The highest BCUT2D eigenvalue weighted by Gasteiger charge is 2.36. The highest BCUT2D eigenvalue weighted by atomic mass is 35.5. The molecule has 342 valence electrons. The van der Waals surface area contributed by atoms with Crippen LogP contribution in [0.25, 0.3) is 16.6 Å². The Morgan fingerprint density at radius 2 is 1.78 bits per heavy atom. The second-order valence-corrected chi connectivity index (χ2v) is 19.8. The highest BCUT2D eigenvalue weighted by molar-refractivity contribution is 7.90. The number of carbonyl (C=O) groups excluding carboxylic acids is 1. The van der Waals surface area contributed by atoms with Crippen LogP contribution >= 0.6 is 11.6 Å². The number of pyridine rings is 1. The number of amides is 1. The number of ether oxygens (including phenoxy) is 3. The van der Waals surface area contributed by atoms with Crippen molar-refractivity contribution in [1.82, 2.24) is 19.6 Å². The van der Waals surface area contributed by atoms with Crippen molar-refractivity contribution in [3.63, 3.8) is 0 Å². The van der Waals surface area contributed by atoms with Gasteiger partial charge >= 0.3 is 0 Å². The molecule has 1 unspecified atom stereocenters. The number of nitro groups is 1. The van der Waals surface area contributed by atoms with Gasteiger partial charge in [0.15, 0.2) is 0 Å². The molecule has 3 N–H and O–H groups in total. The van der Waals surface area contributed by atoms with Crippen LogP contribution in [0.15, 0.2) is 89.5 Å². The Morgan fingerprint density at radius 1 is 0.985 bits per heavy atom. The summed E-state index contributed by atoms with van der Waals surface area (Å²) in [6.07, 6.45) is 4.93. The van der Waals surface area contributed by atoms with Crippen LogP contribution in [-0.2, 0) is 19.5 Å². The molecule has 5 heterocycles. The summed E-state index contributed by atoms with van der Waals surface area (Å²) in [5.74, 6) is -2.82. The molecule has 16 nitrogen and oxygen atoms in total. The van der Waals surface area contributed by atoms with Crippen molar-refractivity contribution in [2.45, 2.75) is 43.9 Å². The summed E-state index contributed by atoms with van der Waals surface area (Å²) in [4.78, 5) is 39.5. The number of carbonyl (C=O) groups is 1. The first kappa shape index (κ1) is 44.4. The molecule has 4 aliphatic rings. The smallest absolute Gasteiger partial charge is 0.293 e. The van der Waals surface area contributed by atoms with Gasteiger partial charge in [-0.3, -0.25) is 19.8 Å². The number of benzene rings is 3. The molecule has 65 heavy (non-hydrogen) atoms. The number of halogens is 2. The number of anilines is 4. The highest BCUT2D eigenvalue weighted by Crippen LogP contribution is 2.44. The van der Waals surface area contributed by atoms with Crippen molar-refractivity contribution in [1.29, 1.82) is 0 Å². The first-order chi connectivity index (χ1) is 31.1. The van der Waals surface area contributed by atoms with Gasteiger partial charge in [0, 0.05) is 61.1 Å². The van der Waals surface area contributed by atoms with Crippen LogP contribution in [-0.4, -0.2) is 112 Å². The summed E-state index contributed by atoms with van der Waals surface area (Å²) in [6.45, 7) is 8.52. The molecule has 1 atom stereocenters. The van der Waals surface area contributed by atoms with Crippen molar-refractivity contribution in [3.05, 3.63) is 111 Å². The number of hydrogen-bond acceptors (Lipinski definition) is 13. The molecule has 5 aromatic rings. The van der Waals surface area contributed by atoms with Crippen molar-refractivity contribution in [2.24, 2.45) is 5.41 Å². The number of sulfonamides is 1. The van der Waals surface area contributed by atoms with Crippen LogP contribution in [0.4, 0.5) is 32.8 Å². The van der Waals surface area contributed by atoms with E-state index in [4.69, 9.17) is 25.8 Å². The summed E-state index contributed by atoms with van der Waals surface area (Å²) < 4.78 is 61.1. The van der Waals surface area contributed by atoms with Crippen LogP contribution in [0, 0.1) is 15.5 Å². The van der Waals surface area contributed by atoms with Crippen LogP contribution in [0.2, 0.25) is 5.02 Å². The average molecular weight is 929 g/mol. The van der Waals surface area contributed by atoms with E-state index in [0.29, 0.717) is 29.4 Å². The number of rotatable bonds is 12. The standard InChI is InChI=1S/C46H50ClFN8O8S/c1-45(2)13-11-32(37(26-45)30-3-5-33(47)6-4-30)27-53-15-17-54(18-16-53)34-7-9-36(39(24-34)55-19-20-63-44-41(55)23-31-12-14-49-42(31)51-44)43(57)52-65(60,61)35-8-10-38(40(25-35)56(58)59)50-28-46(48)29-62-21-22-64-46/h3-10,12,14,23-25,50H,11,13,15-22,26-29H2,1-2H3,(H,49,51)(H,52,57). The third kappa shape index (κ3) is 9.63. The number of aromatic nitrogens is 2. The maximum absolute atomic E-state index is 15.0. The fourth-order valence-corrected chi connectivity index (χ4v) is 10.1. The van der Waals surface area contributed by atoms with Gasteiger partial charge in [-0.1, -0.05) is 43.2 Å². The summed E-state index contributed by atoms with van der Waals surface area (Å²) >= 11 is 6.26. The second-order valence-electron chi connectivity index (χ2n) is 17.6. The van der Waals surface area contributed by atoms with E-state index in [1.54, 1.807) is 12.3 Å². The Kier molecular flexibility index (Phi) is 12.2. The van der Waals surface area contributed by atoms with E-state index in [0.717, 1.165) is 86.3 Å². The number of piperazine rings is 1. The lowest BCUT2D eigenvalue weighted by molar-refractivity contribution is -0.384.